The van der Waals surface area contributed by atoms with Gasteiger partial charge in [0.1, 0.15) is 0 Å². The second-order valence-corrected chi connectivity index (χ2v) is 6.59. The third-order valence-corrected chi connectivity index (χ3v) is 4.60. The molecule has 2 amide bonds. The number of ether oxygens (including phenoxy) is 2. The molecule has 3 rings (SSSR count). The van der Waals surface area contributed by atoms with Gasteiger partial charge >= 0.3 is 0 Å². The Hall–Kier alpha value is -3.06. The number of benzene rings is 2. The molecule has 28 heavy (non-hydrogen) atoms. The molecule has 0 aliphatic carbocycles. The fraction of sp³-hybridized carbons (Fsp3) is 0.250. The zero-order chi connectivity index (χ0) is 20.1. The number of carbonyl (C=O) groups is 2. The largest absolute Gasteiger partial charge is 0.493 e. The van der Waals surface area contributed by atoms with Crippen molar-refractivity contribution in [3.63, 3.8) is 0 Å². The van der Waals surface area contributed by atoms with Crippen LogP contribution in [0.15, 0.2) is 47.5 Å². The van der Waals surface area contributed by atoms with Crippen LogP contribution in [-0.4, -0.2) is 32.0 Å². The summed E-state index contributed by atoms with van der Waals surface area (Å²) < 4.78 is 10.4. The van der Waals surface area contributed by atoms with Gasteiger partial charge in [-0.15, -0.1) is 0 Å². The number of amides is 2. The third kappa shape index (κ3) is 4.61. The van der Waals surface area contributed by atoms with Crippen LogP contribution >= 0.6 is 11.6 Å². The third-order valence-electron chi connectivity index (χ3n) is 4.26. The molecule has 8 heteroatoms. The highest BCUT2D eigenvalue weighted by atomic mass is 35.5. The normalized spacial score (nSPS) is 16.0. The van der Waals surface area contributed by atoms with Crippen molar-refractivity contribution < 1.29 is 19.1 Å². The lowest BCUT2D eigenvalue weighted by molar-refractivity contribution is -0.120. The fourth-order valence-corrected chi connectivity index (χ4v) is 3.19. The molecule has 1 heterocycles. The summed E-state index contributed by atoms with van der Waals surface area (Å²) in [5.41, 5.74) is 1.48. The van der Waals surface area contributed by atoms with Gasteiger partial charge in [0.15, 0.2) is 11.5 Å². The Morgan fingerprint density at radius 1 is 1.21 bits per heavy atom. The van der Waals surface area contributed by atoms with Gasteiger partial charge in [-0.2, -0.15) is 0 Å². The van der Waals surface area contributed by atoms with Crippen LogP contribution in [0.2, 0.25) is 5.02 Å². The summed E-state index contributed by atoms with van der Waals surface area (Å²) in [5.74, 6) is 0.687. The first kappa shape index (κ1) is 19.7. The molecule has 7 nitrogen and oxygen atoms in total. The SMILES string of the molecule is COc1ccc(CC(=O)NC2=N[C@H](c3ccccc3Cl)CC(=O)N2)cc1OC. The van der Waals surface area contributed by atoms with Crippen molar-refractivity contribution in [2.45, 2.75) is 18.9 Å². The number of nitrogens with zero attached hydrogens (tertiary/aromatic N) is 1. The van der Waals surface area contributed by atoms with Gasteiger partial charge in [0.2, 0.25) is 17.8 Å². The van der Waals surface area contributed by atoms with E-state index < -0.39 is 6.04 Å². The Morgan fingerprint density at radius 3 is 2.68 bits per heavy atom. The molecule has 0 bridgehead atoms. The van der Waals surface area contributed by atoms with Crippen molar-refractivity contribution >= 4 is 29.4 Å². The molecule has 0 radical (unpaired) electrons. The van der Waals surface area contributed by atoms with E-state index in [-0.39, 0.29) is 30.6 Å². The predicted molar refractivity (Wildman–Crippen MR) is 106 cm³/mol. The maximum absolute atomic E-state index is 12.4. The summed E-state index contributed by atoms with van der Waals surface area (Å²) in [5, 5.41) is 5.76. The average molecular weight is 402 g/mol. The van der Waals surface area contributed by atoms with Crippen LogP contribution in [0.5, 0.6) is 11.5 Å². The molecule has 0 saturated heterocycles. The molecule has 2 aromatic carbocycles. The van der Waals surface area contributed by atoms with Crippen molar-refractivity contribution in [3.05, 3.63) is 58.6 Å². The molecule has 0 spiro atoms. The van der Waals surface area contributed by atoms with Crippen molar-refractivity contribution in [1.82, 2.24) is 10.6 Å². The monoisotopic (exact) mass is 401 g/mol. The highest BCUT2D eigenvalue weighted by Crippen LogP contribution is 2.30. The van der Waals surface area contributed by atoms with Gasteiger partial charge in [-0.25, -0.2) is 4.99 Å². The summed E-state index contributed by atoms with van der Waals surface area (Å²) in [7, 11) is 3.08. The fourth-order valence-electron chi connectivity index (χ4n) is 2.93. The first-order valence-corrected chi connectivity index (χ1v) is 9.00. The Labute approximate surface area is 167 Å². The Balaban J connectivity index is 1.72. The van der Waals surface area contributed by atoms with E-state index >= 15 is 0 Å². The number of methoxy groups -OCH3 is 2. The number of hydrogen-bond acceptors (Lipinski definition) is 5. The van der Waals surface area contributed by atoms with Crippen LogP contribution in [0.4, 0.5) is 0 Å². The number of halogens is 1. The van der Waals surface area contributed by atoms with E-state index in [1.807, 2.05) is 18.2 Å². The molecule has 146 valence electrons. The maximum Gasteiger partial charge on any atom is 0.231 e. The van der Waals surface area contributed by atoms with Gasteiger partial charge in [0, 0.05) is 5.02 Å². The molecular weight excluding hydrogens is 382 g/mol. The van der Waals surface area contributed by atoms with Gasteiger partial charge in [-0.3, -0.25) is 20.2 Å². The lowest BCUT2D eigenvalue weighted by atomic mass is 10.0. The number of hydrogen-bond donors (Lipinski definition) is 2. The number of carbonyl (C=O) groups excluding carboxylic acids is 2. The van der Waals surface area contributed by atoms with Crippen molar-refractivity contribution in [2.24, 2.45) is 4.99 Å². The predicted octanol–water partition coefficient (Wildman–Crippen LogP) is 2.63. The standard InChI is InChI=1S/C20H20ClN3O4/c1-27-16-8-7-12(9-17(16)28-2)10-18(25)23-20-22-15(11-19(26)24-20)13-5-3-4-6-14(13)21/h3-9,15H,10-11H2,1-2H3,(H2,22,23,24,25,26)/t15-/m0/s1. The summed E-state index contributed by atoms with van der Waals surface area (Å²) >= 11 is 6.21. The molecule has 1 aliphatic heterocycles. The second kappa shape index (κ2) is 8.75. The number of nitrogens with one attached hydrogen (secondary N) is 2. The summed E-state index contributed by atoms with van der Waals surface area (Å²) in [6.07, 6.45) is 0.255. The Morgan fingerprint density at radius 2 is 1.96 bits per heavy atom. The number of guanidine groups is 1. The molecule has 2 N–H and O–H groups in total. The molecule has 2 aromatic rings. The Bertz CT molecular complexity index is 929. The van der Waals surface area contributed by atoms with Crippen molar-refractivity contribution in [1.29, 1.82) is 0 Å². The van der Waals surface area contributed by atoms with Gasteiger partial charge in [-0.1, -0.05) is 35.9 Å². The summed E-state index contributed by atoms with van der Waals surface area (Å²) in [6.45, 7) is 0. The van der Waals surface area contributed by atoms with E-state index in [1.54, 1.807) is 31.4 Å². The number of aliphatic imine (C=N–C) groups is 1. The van der Waals surface area contributed by atoms with Gasteiger partial charge < -0.3 is 9.47 Å². The first-order chi connectivity index (χ1) is 13.5. The highest BCUT2D eigenvalue weighted by Gasteiger charge is 2.25. The van der Waals surface area contributed by atoms with Gasteiger partial charge in [-0.05, 0) is 29.3 Å². The molecule has 1 atom stereocenters. The minimum absolute atomic E-state index is 0.0893. The minimum atomic E-state index is -0.446. The van der Waals surface area contributed by atoms with E-state index in [0.717, 1.165) is 11.1 Å². The maximum atomic E-state index is 12.4. The summed E-state index contributed by atoms with van der Waals surface area (Å²) in [4.78, 5) is 28.9. The van der Waals surface area contributed by atoms with Crippen molar-refractivity contribution in [2.75, 3.05) is 14.2 Å². The smallest absolute Gasteiger partial charge is 0.231 e. The molecule has 0 unspecified atom stereocenters. The van der Waals surface area contributed by atoms with E-state index in [4.69, 9.17) is 21.1 Å². The van der Waals surface area contributed by atoms with Gasteiger partial charge in [0.25, 0.3) is 0 Å². The van der Waals surface area contributed by atoms with Crippen LogP contribution < -0.4 is 20.1 Å². The van der Waals surface area contributed by atoms with Crippen LogP contribution in [-0.2, 0) is 16.0 Å². The average Bonchev–Trinajstić information content (AvgIpc) is 2.67. The molecule has 0 fully saturated rings. The van der Waals surface area contributed by atoms with Crippen LogP contribution in [0.3, 0.4) is 0 Å². The molecule has 0 saturated carbocycles. The lowest BCUT2D eigenvalue weighted by Crippen LogP contribution is -2.47. The lowest BCUT2D eigenvalue weighted by Gasteiger charge is -2.22. The Kier molecular flexibility index (Phi) is 6.16. The topological polar surface area (TPSA) is 89.0 Å². The van der Waals surface area contributed by atoms with Crippen LogP contribution in [0.25, 0.3) is 0 Å². The van der Waals surface area contributed by atoms with E-state index in [9.17, 15) is 9.59 Å². The van der Waals surface area contributed by atoms with Crippen molar-refractivity contribution in [3.8, 4) is 11.5 Å². The highest BCUT2D eigenvalue weighted by molar-refractivity contribution is 6.31. The zero-order valence-electron chi connectivity index (χ0n) is 15.5. The van der Waals surface area contributed by atoms with E-state index in [1.165, 1.54) is 7.11 Å². The quantitative estimate of drug-likeness (QED) is 0.806. The molecule has 0 aromatic heterocycles. The van der Waals surface area contributed by atoms with E-state index in [2.05, 4.69) is 15.6 Å². The number of rotatable bonds is 5. The van der Waals surface area contributed by atoms with Crippen LogP contribution in [0.1, 0.15) is 23.6 Å². The van der Waals surface area contributed by atoms with E-state index in [0.29, 0.717) is 16.5 Å². The van der Waals surface area contributed by atoms with Gasteiger partial charge in [0.05, 0.1) is 33.1 Å². The molecule has 1 aliphatic rings. The molecular formula is C20H20ClN3O4. The second-order valence-electron chi connectivity index (χ2n) is 6.18. The zero-order valence-corrected chi connectivity index (χ0v) is 16.2. The minimum Gasteiger partial charge on any atom is -0.493 e. The summed E-state index contributed by atoms with van der Waals surface area (Å²) in [6, 6.07) is 12.0. The van der Waals surface area contributed by atoms with Crippen LogP contribution in [0, 0.1) is 0 Å². The first-order valence-electron chi connectivity index (χ1n) is 8.63.